The lowest BCUT2D eigenvalue weighted by molar-refractivity contribution is -0.0275. The number of piperazine rings is 1. The van der Waals surface area contributed by atoms with Crippen LogP contribution in [0.5, 0.6) is 0 Å². The second-order valence-corrected chi connectivity index (χ2v) is 8.62. The zero-order valence-corrected chi connectivity index (χ0v) is 17.3. The fourth-order valence-corrected chi connectivity index (χ4v) is 3.56. The number of ether oxygens (including phenoxy) is 2. The average Bonchev–Trinajstić information content (AvgIpc) is 2.58. The SMILES string of the molecule is CC1CN(C2CN(C(=O)OCc3ccccc3)C2)CCN1C(=O)OC(C)(C)C. The molecule has 0 aromatic heterocycles. The van der Waals surface area contributed by atoms with E-state index in [1.54, 1.807) is 9.80 Å². The van der Waals surface area contributed by atoms with Crippen LogP contribution in [0.3, 0.4) is 0 Å². The van der Waals surface area contributed by atoms with Crippen molar-refractivity contribution in [2.45, 2.75) is 52.0 Å². The Morgan fingerprint density at radius 1 is 1.04 bits per heavy atom. The van der Waals surface area contributed by atoms with Crippen LogP contribution in [0, 0.1) is 0 Å². The Hall–Kier alpha value is -2.28. The molecule has 0 spiro atoms. The lowest BCUT2D eigenvalue weighted by Gasteiger charge is -2.49. The molecule has 7 heteroatoms. The van der Waals surface area contributed by atoms with E-state index in [0.29, 0.717) is 32.3 Å². The van der Waals surface area contributed by atoms with E-state index >= 15 is 0 Å². The molecule has 2 saturated heterocycles. The van der Waals surface area contributed by atoms with Crippen molar-refractivity contribution in [3.8, 4) is 0 Å². The zero-order valence-electron chi connectivity index (χ0n) is 17.3. The molecule has 0 saturated carbocycles. The van der Waals surface area contributed by atoms with Gasteiger partial charge in [0.05, 0.1) is 0 Å². The molecule has 0 radical (unpaired) electrons. The number of nitrogens with zero attached hydrogens (tertiary/aromatic N) is 3. The minimum absolute atomic E-state index is 0.0858. The molecule has 0 aliphatic carbocycles. The molecule has 7 nitrogen and oxygen atoms in total. The third-order valence-electron chi connectivity index (χ3n) is 5.13. The van der Waals surface area contributed by atoms with E-state index in [4.69, 9.17) is 9.47 Å². The molecule has 2 heterocycles. The van der Waals surface area contributed by atoms with Crippen LogP contribution in [0.4, 0.5) is 9.59 Å². The fraction of sp³-hybridized carbons (Fsp3) is 0.619. The molecular formula is C21H31N3O4. The summed E-state index contributed by atoms with van der Waals surface area (Å²) in [5.41, 5.74) is 0.503. The summed E-state index contributed by atoms with van der Waals surface area (Å²) >= 11 is 0. The van der Waals surface area contributed by atoms with Crippen molar-refractivity contribution in [3.63, 3.8) is 0 Å². The largest absolute Gasteiger partial charge is 0.445 e. The Balaban J connectivity index is 1.40. The molecule has 1 aromatic carbocycles. The first-order valence-corrected chi connectivity index (χ1v) is 9.92. The van der Waals surface area contributed by atoms with E-state index in [9.17, 15) is 9.59 Å². The van der Waals surface area contributed by atoms with E-state index in [2.05, 4.69) is 4.90 Å². The number of carbonyl (C=O) groups is 2. The number of amides is 2. The molecule has 2 amide bonds. The van der Waals surface area contributed by atoms with E-state index in [1.165, 1.54) is 0 Å². The predicted molar refractivity (Wildman–Crippen MR) is 106 cm³/mol. The summed E-state index contributed by atoms with van der Waals surface area (Å²) in [6, 6.07) is 10.1. The Bertz CT molecular complexity index is 683. The van der Waals surface area contributed by atoms with E-state index < -0.39 is 5.60 Å². The van der Waals surface area contributed by atoms with E-state index in [0.717, 1.165) is 18.7 Å². The quantitative estimate of drug-likeness (QED) is 0.795. The second kappa shape index (κ2) is 8.39. The third-order valence-corrected chi connectivity index (χ3v) is 5.13. The van der Waals surface area contributed by atoms with Crippen molar-refractivity contribution in [1.82, 2.24) is 14.7 Å². The Labute approximate surface area is 167 Å². The first-order chi connectivity index (χ1) is 13.2. The Morgan fingerprint density at radius 3 is 2.32 bits per heavy atom. The van der Waals surface area contributed by atoms with Gasteiger partial charge in [-0.15, -0.1) is 0 Å². The van der Waals surface area contributed by atoms with E-state index in [-0.39, 0.29) is 18.2 Å². The van der Waals surface area contributed by atoms with Crippen LogP contribution < -0.4 is 0 Å². The van der Waals surface area contributed by atoms with Crippen molar-refractivity contribution in [2.24, 2.45) is 0 Å². The summed E-state index contributed by atoms with van der Waals surface area (Å²) in [5.74, 6) is 0. The monoisotopic (exact) mass is 389 g/mol. The highest BCUT2D eigenvalue weighted by Gasteiger charge is 2.39. The lowest BCUT2D eigenvalue weighted by atomic mass is 10.0. The number of likely N-dealkylation sites (tertiary alicyclic amines) is 1. The molecule has 3 rings (SSSR count). The maximum atomic E-state index is 12.3. The minimum Gasteiger partial charge on any atom is -0.445 e. The summed E-state index contributed by atoms with van der Waals surface area (Å²) in [7, 11) is 0. The normalized spacial score (nSPS) is 21.2. The van der Waals surface area contributed by atoms with Crippen LogP contribution in [0.1, 0.15) is 33.3 Å². The van der Waals surface area contributed by atoms with E-state index in [1.807, 2.05) is 58.0 Å². The van der Waals surface area contributed by atoms with Gasteiger partial charge in [-0.05, 0) is 33.3 Å². The second-order valence-electron chi connectivity index (χ2n) is 8.62. The van der Waals surface area contributed by atoms with Gasteiger partial charge < -0.3 is 19.3 Å². The molecule has 154 valence electrons. The van der Waals surface area contributed by atoms with Crippen molar-refractivity contribution in [1.29, 1.82) is 0 Å². The van der Waals surface area contributed by atoms with Gasteiger partial charge in [0.2, 0.25) is 0 Å². The first kappa shape index (κ1) is 20.5. The van der Waals surface area contributed by atoms with Gasteiger partial charge in [0.1, 0.15) is 12.2 Å². The number of rotatable bonds is 3. The molecule has 0 N–H and O–H groups in total. The van der Waals surface area contributed by atoms with Crippen molar-refractivity contribution >= 4 is 12.2 Å². The van der Waals surface area contributed by atoms with Gasteiger partial charge >= 0.3 is 12.2 Å². The highest BCUT2D eigenvalue weighted by atomic mass is 16.6. The van der Waals surface area contributed by atoms with Crippen molar-refractivity contribution < 1.29 is 19.1 Å². The summed E-state index contributed by atoms with van der Waals surface area (Å²) in [6.07, 6.45) is -0.514. The number of hydrogen-bond acceptors (Lipinski definition) is 5. The van der Waals surface area contributed by atoms with Crippen molar-refractivity contribution in [3.05, 3.63) is 35.9 Å². The van der Waals surface area contributed by atoms with Crippen molar-refractivity contribution in [2.75, 3.05) is 32.7 Å². The zero-order chi connectivity index (χ0) is 20.3. The van der Waals surface area contributed by atoms with Gasteiger partial charge in [0, 0.05) is 44.8 Å². The molecule has 2 aliphatic heterocycles. The van der Waals surface area contributed by atoms with Gasteiger partial charge in [0.25, 0.3) is 0 Å². The summed E-state index contributed by atoms with van der Waals surface area (Å²) in [6.45, 7) is 11.6. The molecule has 28 heavy (non-hydrogen) atoms. The maximum Gasteiger partial charge on any atom is 0.410 e. The minimum atomic E-state index is -0.484. The van der Waals surface area contributed by atoms with Crippen LogP contribution in [-0.2, 0) is 16.1 Å². The highest BCUT2D eigenvalue weighted by molar-refractivity contribution is 5.69. The topological polar surface area (TPSA) is 62.3 Å². The molecular weight excluding hydrogens is 358 g/mol. The number of carbonyl (C=O) groups excluding carboxylic acids is 2. The van der Waals surface area contributed by atoms with Crippen LogP contribution in [0.25, 0.3) is 0 Å². The molecule has 1 aromatic rings. The molecule has 2 aliphatic rings. The maximum absolute atomic E-state index is 12.3. The summed E-state index contributed by atoms with van der Waals surface area (Å²) < 4.78 is 10.9. The third kappa shape index (κ3) is 5.16. The molecule has 1 atom stereocenters. The van der Waals surface area contributed by atoms with Gasteiger partial charge in [-0.3, -0.25) is 4.90 Å². The average molecular weight is 389 g/mol. The predicted octanol–water partition coefficient (Wildman–Crippen LogP) is 2.95. The number of hydrogen-bond donors (Lipinski definition) is 0. The Kier molecular flexibility index (Phi) is 6.13. The fourth-order valence-electron chi connectivity index (χ4n) is 3.56. The molecule has 0 bridgehead atoms. The lowest BCUT2D eigenvalue weighted by Crippen LogP contribution is -2.66. The Morgan fingerprint density at radius 2 is 1.71 bits per heavy atom. The van der Waals surface area contributed by atoms with Crippen LogP contribution >= 0.6 is 0 Å². The molecule has 2 fully saturated rings. The number of benzene rings is 1. The highest BCUT2D eigenvalue weighted by Crippen LogP contribution is 2.22. The standard InChI is InChI=1S/C21H31N3O4/c1-16-12-22(10-11-24(16)20(26)28-21(2,3)4)18-13-23(14-18)19(25)27-15-17-8-6-5-7-9-17/h5-9,16,18H,10-15H2,1-4H3. The van der Waals surface area contributed by atoms with Gasteiger partial charge in [-0.25, -0.2) is 9.59 Å². The van der Waals surface area contributed by atoms with Gasteiger partial charge in [-0.2, -0.15) is 0 Å². The smallest absolute Gasteiger partial charge is 0.410 e. The summed E-state index contributed by atoms with van der Waals surface area (Å²) in [5, 5.41) is 0. The van der Waals surface area contributed by atoms with Crippen LogP contribution in [0.2, 0.25) is 0 Å². The van der Waals surface area contributed by atoms with Gasteiger partial charge in [-0.1, -0.05) is 30.3 Å². The van der Waals surface area contributed by atoms with Crippen LogP contribution in [0.15, 0.2) is 30.3 Å². The first-order valence-electron chi connectivity index (χ1n) is 9.92. The summed E-state index contributed by atoms with van der Waals surface area (Å²) in [4.78, 5) is 30.4. The van der Waals surface area contributed by atoms with Gasteiger partial charge in [0.15, 0.2) is 0 Å². The molecule has 1 unspecified atom stereocenters. The van der Waals surface area contributed by atoms with Crippen LogP contribution in [-0.4, -0.2) is 77.3 Å².